The fourth-order valence-electron chi connectivity index (χ4n) is 3.49. The molecule has 3 aromatic rings. The third-order valence-electron chi connectivity index (χ3n) is 4.78. The van der Waals surface area contributed by atoms with Gasteiger partial charge < -0.3 is 14.6 Å². The number of fused-ring (bicyclic) bond motifs is 1. The number of hydrogen-bond donors (Lipinski definition) is 1. The van der Waals surface area contributed by atoms with Crippen LogP contribution in [0.5, 0.6) is 0 Å². The number of pyridine rings is 2. The molecule has 0 aromatic carbocycles. The molecule has 6 heteroatoms. The second-order valence-corrected chi connectivity index (χ2v) is 6.52. The first-order valence-electron chi connectivity index (χ1n) is 8.37. The predicted octanol–water partition coefficient (Wildman–Crippen LogP) is 2.99. The Labute approximate surface area is 146 Å². The van der Waals surface area contributed by atoms with E-state index in [2.05, 4.69) is 33.3 Å². The van der Waals surface area contributed by atoms with Crippen LogP contribution in [-0.4, -0.2) is 41.0 Å². The molecule has 2 atom stereocenters. The molecule has 0 aliphatic carbocycles. The number of nitriles is 1. The molecule has 126 valence electrons. The highest BCUT2D eigenvalue weighted by Gasteiger charge is 2.29. The summed E-state index contributed by atoms with van der Waals surface area (Å²) >= 11 is 0. The van der Waals surface area contributed by atoms with Gasteiger partial charge in [0.25, 0.3) is 0 Å². The molecule has 0 amide bonds. The summed E-state index contributed by atoms with van der Waals surface area (Å²) in [7, 11) is 2.15. The van der Waals surface area contributed by atoms with Crippen molar-refractivity contribution < 1.29 is 4.42 Å². The van der Waals surface area contributed by atoms with Gasteiger partial charge in [-0.05, 0) is 37.7 Å². The minimum absolute atomic E-state index is 0.285. The van der Waals surface area contributed by atoms with Crippen molar-refractivity contribution in [3.8, 4) is 6.07 Å². The Bertz CT molecular complexity index is 914. The number of aromatic nitrogens is 2. The molecule has 1 saturated heterocycles. The van der Waals surface area contributed by atoms with Gasteiger partial charge in [0.1, 0.15) is 11.9 Å². The Morgan fingerprint density at radius 3 is 3.08 bits per heavy atom. The third-order valence-corrected chi connectivity index (χ3v) is 4.78. The van der Waals surface area contributed by atoms with E-state index < -0.39 is 0 Å². The van der Waals surface area contributed by atoms with Gasteiger partial charge in [0.15, 0.2) is 5.58 Å². The van der Waals surface area contributed by atoms with Crippen LogP contribution >= 0.6 is 0 Å². The topological polar surface area (TPSA) is 78.0 Å². The summed E-state index contributed by atoms with van der Waals surface area (Å²) in [5.41, 5.74) is 1.87. The second-order valence-electron chi connectivity index (χ2n) is 6.52. The van der Waals surface area contributed by atoms with E-state index in [4.69, 9.17) is 9.68 Å². The molecule has 2 unspecified atom stereocenters. The van der Waals surface area contributed by atoms with Crippen molar-refractivity contribution in [2.24, 2.45) is 0 Å². The van der Waals surface area contributed by atoms with E-state index in [9.17, 15) is 0 Å². The van der Waals surface area contributed by atoms with Crippen LogP contribution in [0.15, 0.2) is 47.3 Å². The van der Waals surface area contributed by atoms with Crippen molar-refractivity contribution in [1.82, 2.24) is 14.9 Å². The van der Waals surface area contributed by atoms with Crippen molar-refractivity contribution in [3.63, 3.8) is 0 Å². The van der Waals surface area contributed by atoms with Crippen LogP contribution in [0.1, 0.15) is 23.7 Å². The van der Waals surface area contributed by atoms with E-state index in [-0.39, 0.29) is 6.04 Å². The summed E-state index contributed by atoms with van der Waals surface area (Å²) in [6.07, 6.45) is 6.46. The Kier molecular flexibility index (Phi) is 4.08. The van der Waals surface area contributed by atoms with Crippen LogP contribution in [0, 0.1) is 11.3 Å². The summed E-state index contributed by atoms with van der Waals surface area (Å²) in [6, 6.07) is 10.1. The van der Waals surface area contributed by atoms with E-state index >= 15 is 0 Å². The van der Waals surface area contributed by atoms with Crippen molar-refractivity contribution in [2.45, 2.75) is 18.4 Å². The minimum atomic E-state index is 0.285. The van der Waals surface area contributed by atoms with Gasteiger partial charge in [-0.2, -0.15) is 5.26 Å². The second kappa shape index (κ2) is 6.54. The zero-order chi connectivity index (χ0) is 17.2. The molecule has 0 bridgehead atoms. The van der Waals surface area contributed by atoms with E-state index in [0.29, 0.717) is 17.3 Å². The van der Waals surface area contributed by atoms with Crippen LogP contribution in [0.2, 0.25) is 0 Å². The normalized spacial score (nSPS) is 21.1. The Hall–Kier alpha value is -2.91. The number of rotatable bonds is 3. The van der Waals surface area contributed by atoms with Gasteiger partial charge in [-0.1, -0.05) is 6.07 Å². The number of likely N-dealkylation sites (tertiary alicyclic amines) is 1. The van der Waals surface area contributed by atoms with Crippen molar-refractivity contribution in [1.29, 1.82) is 5.26 Å². The van der Waals surface area contributed by atoms with Crippen LogP contribution in [0.3, 0.4) is 0 Å². The molecule has 25 heavy (non-hydrogen) atoms. The largest absolute Gasteiger partial charge is 0.444 e. The highest BCUT2D eigenvalue weighted by Crippen LogP contribution is 2.29. The summed E-state index contributed by atoms with van der Waals surface area (Å²) < 4.78 is 5.40. The third kappa shape index (κ3) is 3.19. The molecule has 1 aliphatic rings. The van der Waals surface area contributed by atoms with Crippen LogP contribution in [0.25, 0.3) is 11.0 Å². The van der Waals surface area contributed by atoms with E-state index in [1.807, 2.05) is 24.4 Å². The van der Waals surface area contributed by atoms with Gasteiger partial charge in [0.05, 0.1) is 6.20 Å². The number of furan rings is 1. The van der Waals surface area contributed by atoms with Crippen molar-refractivity contribution in [2.75, 3.05) is 25.5 Å². The van der Waals surface area contributed by atoms with Crippen LogP contribution in [0.4, 0.5) is 5.82 Å². The number of anilines is 1. The van der Waals surface area contributed by atoms with Gasteiger partial charge >= 0.3 is 0 Å². The highest BCUT2D eigenvalue weighted by molar-refractivity contribution is 5.80. The fourth-order valence-corrected chi connectivity index (χ4v) is 3.49. The molecule has 4 heterocycles. The lowest BCUT2D eigenvalue weighted by Gasteiger charge is -2.37. The quantitative estimate of drug-likeness (QED) is 0.794. The first-order valence-corrected chi connectivity index (χ1v) is 8.37. The van der Waals surface area contributed by atoms with Gasteiger partial charge in [-0.25, -0.2) is 4.98 Å². The lowest BCUT2D eigenvalue weighted by molar-refractivity contribution is 0.236. The predicted molar refractivity (Wildman–Crippen MR) is 95.2 cm³/mol. The van der Waals surface area contributed by atoms with Crippen LogP contribution in [-0.2, 0) is 0 Å². The van der Waals surface area contributed by atoms with E-state index in [1.165, 1.54) is 5.56 Å². The number of nitrogens with one attached hydrogen (secondary N) is 1. The van der Waals surface area contributed by atoms with Gasteiger partial charge in [0.2, 0.25) is 5.76 Å². The maximum Gasteiger partial charge on any atom is 0.204 e. The highest BCUT2D eigenvalue weighted by atomic mass is 16.3. The molecule has 4 rings (SSSR count). The molecular weight excluding hydrogens is 314 g/mol. The van der Waals surface area contributed by atoms with Gasteiger partial charge in [-0.3, -0.25) is 4.98 Å². The SMILES string of the molecule is CN1CCC(Nc2cc3cc(C#N)oc3cn2)C(c2cccnc2)C1. The first-order chi connectivity index (χ1) is 12.2. The first kappa shape index (κ1) is 15.6. The number of likely N-dealkylation sites (N-methyl/N-ethyl adjacent to an activating group) is 1. The molecule has 0 spiro atoms. The average Bonchev–Trinajstić information content (AvgIpc) is 3.06. The summed E-state index contributed by atoms with van der Waals surface area (Å²) in [5, 5.41) is 13.4. The smallest absolute Gasteiger partial charge is 0.204 e. The standard InChI is InChI=1S/C19H19N5O/c1-24-6-4-17(16(12-24)13-3-2-5-21-10-13)23-19-8-14-7-15(9-20)25-18(14)11-22-19/h2-3,5,7-8,10-11,16-17H,4,6,12H2,1H3,(H,22,23). The fraction of sp³-hybridized carbons (Fsp3) is 0.316. The Morgan fingerprint density at radius 2 is 2.28 bits per heavy atom. The van der Waals surface area contributed by atoms with Crippen molar-refractivity contribution in [3.05, 3.63) is 54.2 Å². The number of nitrogens with zero attached hydrogens (tertiary/aromatic N) is 4. The van der Waals surface area contributed by atoms with E-state index in [1.54, 1.807) is 18.5 Å². The summed E-state index contributed by atoms with van der Waals surface area (Å²) in [4.78, 5) is 11.1. The molecule has 1 aliphatic heterocycles. The zero-order valence-corrected chi connectivity index (χ0v) is 14.0. The molecule has 1 fully saturated rings. The summed E-state index contributed by atoms with van der Waals surface area (Å²) in [6.45, 7) is 2.02. The monoisotopic (exact) mass is 333 g/mol. The maximum absolute atomic E-state index is 8.96. The van der Waals surface area contributed by atoms with E-state index in [0.717, 1.165) is 30.7 Å². The number of piperidine rings is 1. The average molecular weight is 333 g/mol. The maximum atomic E-state index is 8.96. The van der Waals surface area contributed by atoms with Crippen LogP contribution < -0.4 is 5.32 Å². The van der Waals surface area contributed by atoms with Gasteiger partial charge in [0, 0.05) is 42.4 Å². The molecule has 0 radical (unpaired) electrons. The lowest BCUT2D eigenvalue weighted by Crippen LogP contribution is -2.43. The molecule has 6 nitrogen and oxygen atoms in total. The molecule has 1 N–H and O–H groups in total. The van der Waals surface area contributed by atoms with Crippen molar-refractivity contribution >= 4 is 16.8 Å². The summed E-state index contributed by atoms with van der Waals surface area (Å²) in [5.74, 6) is 1.46. The molecule has 0 saturated carbocycles. The molecule has 3 aromatic heterocycles. The minimum Gasteiger partial charge on any atom is -0.444 e. The Balaban J connectivity index is 1.60. The lowest BCUT2D eigenvalue weighted by atomic mass is 9.87. The van der Waals surface area contributed by atoms with Gasteiger partial charge in [-0.15, -0.1) is 0 Å². The molecular formula is C19H19N5O. The Morgan fingerprint density at radius 1 is 1.36 bits per heavy atom. The number of hydrogen-bond acceptors (Lipinski definition) is 6. The zero-order valence-electron chi connectivity index (χ0n) is 14.0.